The fourth-order valence-electron chi connectivity index (χ4n) is 1.63. The number of anilines is 1. The first-order chi connectivity index (χ1) is 7.98. The molecule has 2 rings (SSSR count). The molecule has 1 heterocycles. The number of rotatable bonds is 2. The monoisotopic (exact) mass is 250 g/mol. The molecule has 5 heteroatoms. The maximum atomic E-state index is 11.5. The van der Waals surface area contributed by atoms with Gasteiger partial charge in [-0.2, -0.15) is 8.42 Å². The average Bonchev–Trinajstić information content (AvgIpc) is 2.24. The molecule has 1 aromatic rings. The van der Waals surface area contributed by atoms with E-state index in [2.05, 4.69) is 9.12 Å². The molecular formula is C12H14N2O2S. The van der Waals surface area contributed by atoms with Crippen LogP contribution in [0.15, 0.2) is 40.3 Å². The molecule has 1 aliphatic heterocycles. The van der Waals surface area contributed by atoms with Crippen molar-refractivity contribution in [1.29, 1.82) is 0 Å². The SMILES string of the molecule is CC(C)=CCC1=NS(=O)(=O)Nc2ccccc21. The molecular weight excluding hydrogens is 236 g/mol. The fourth-order valence-corrected chi connectivity index (χ4v) is 2.59. The summed E-state index contributed by atoms with van der Waals surface area (Å²) in [5.74, 6) is 0. The molecule has 0 radical (unpaired) electrons. The highest BCUT2D eigenvalue weighted by Crippen LogP contribution is 2.24. The number of hydrogen-bond donors (Lipinski definition) is 1. The van der Waals surface area contributed by atoms with E-state index in [1.54, 1.807) is 12.1 Å². The molecule has 1 aromatic carbocycles. The normalized spacial score (nSPS) is 16.5. The number of hydrogen-bond acceptors (Lipinski definition) is 2. The van der Waals surface area contributed by atoms with Gasteiger partial charge in [0.2, 0.25) is 0 Å². The average molecular weight is 250 g/mol. The van der Waals surface area contributed by atoms with Crippen LogP contribution in [0.25, 0.3) is 0 Å². The van der Waals surface area contributed by atoms with Crippen LogP contribution in [-0.4, -0.2) is 14.1 Å². The lowest BCUT2D eigenvalue weighted by molar-refractivity contribution is 0.602. The number of fused-ring (bicyclic) bond motifs is 1. The first-order valence-electron chi connectivity index (χ1n) is 5.32. The van der Waals surface area contributed by atoms with Crippen LogP contribution in [-0.2, 0) is 10.2 Å². The molecule has 0 spiro atoms. The molecule has 4 nitrogen and oxygen atoms in total. The molecule has 0 amide bonds. The standard InChI is InChI=1S/C12H14N2O2S/c1-9(2)7-8-12-10-5-3-4-6-11(10)13-17(15,16)14-12/h3-7,13H,8H2,1-2H3. The van der Waals surface area contributed by atoms with Gasteiger partial charge in [-0.25, -0.2) is 0 Å². The van der Waals surface area contributed by atoms with Gasteiger partial charge in [-0.05, 0) is 19.9 Å². The van der Waals surface area contributed by atoms with Gasteiger partial charge in [-0.1, -0.05) is 29.8 Å². The summed E-state index contributed by atoms with van der Waals surface area (Å²) in [5.41, 5.74) is 3.17. The maximum absolute atomic E-state index is 11.5. The van der Waals surface area contributed by atoms with Crippen LogP contribution < -0.4 is 4.72 Å². The lowest BCUT2D eigenvalue weighted by Crippen LogP contribution is -2.20. The van der Waals surface area contributed by atoms with Crippen molar-refractivity contribution in [2.75, 3.05) is 4.72 Å². The van der Waals surface area contributed by atoms with Gasteiger partial charge in [0, 0.05) is 12.0 Å². The van der Waals surface area contributed by atoms with Crippen molar-refractivity contribution in [1.82, 2.24) is 0 Å². The van der Waals surface area contributed by atoms with E-state index in [1.807, 2.05) is 32.1 Å². The molecule has 0 atom stereocenters. The Labute approximate surface area is 101 Å². The van der Waals surface area contributed by atoms with E-state index in [0.29, 0.717) is 17.8 Å². The van der Waals surface area contributed by atoms with Crippen molar-refractivity contribution in [3.05, 3.63) is 41.5 Å². The highest BCUT2D eigenvalue weighted by atomic mass is 32.2. The highest BCUT2D eigenvalue weighted by Gasteiger charge is 2.21. The van der Waals surface area contributed by atoms with Crippen molar-refractivity contribution >= 4 is 21.6 Å². The largest absolute Gasteiger partial charge is 0.342 e. The molecule has 90 valence electrons. The van der Waals surface area contributed by atoms with Gasteiger partial charge >= 0.3 is 10.2 Å². The van der Waals surface area contributed by atoms with Crippen molar-refractivity contribution in [2.45, 2.75) is 20.3 Å². The van der Waals surface area contributed by atoms with Crippen LogP contribution >= 0.6 is 0 Å². The zero-order valence-corrected chi connectivity index (χ0v) is 10.6. The Morgan fingerprint density at radius 2 is 2.06 bits per heavy atom. The predicted octanol–water partition coefficient (Wildman–Crippen LogP) is 2.50. The number of allylic oxidation sites excluding steroid dienone is 2. The summed E-state index contributed by atoms with van der Waals surface area (Å²) in [6.07, 6.45) is 2.50. The minimum Gasteiger partial charge on any atom is -0.264 e. The smallest absolute Gasteiger partial charge is 0.264 e. The molecule has 1 aliphatic rings. The zero-order valence-electron chi connectivity index (χ0n) is 9.77. The fraction of sp³-hybridized carbons (Fsp3) is 0.250. The molecule has 0 saturated carbocycles. The lowest BCUT2D eigenvalue weighted by Gasteiger charge is -2.17. The lowest BCUT2D eigenvalue weighted by atomic mass is 10.0. The summed E-state index contributed by atoms with van der Waals surface area (Å²) < 4.78 is 29.3. The number of nitrogens with one attached hydrogen (secondary N) is 1. The summed E-state index contributed by atoms with van der Waals surface area (Å²) in [4.78, 5) is 0. The third-order valence-corrected chi connectivity index (χ3v) is 3.35. The molecule has 0 aliphatic carbocycles. The number of benzene rings is 1. The van der Waals surface area contributed by atoms with E-state index in [4.69, 9.17) is 0 Å². The van der Waals surface area contributed by atoms with Crippen LogP contribution in [0, 0.1) is 0 Å². The summed E-state index contributed by atoms with van der Waals surface area (Å²) in [6.45, 7) is 3.95. The van der Waals surface area contributed by atoms with Crippen molar-refractivity contribution in [2.24, 2.45) is 4.40 Å². The highest BCUT2D eigenvalue weighted by molar-refractivity contribution is 7.91. The first kappa shape index (κ1) is 11.9. The van der Waals surface area contributed by atoms with E-state index in [0.717, 1.165) is 11.1 Å². The van der Waals surface area contributed by atoms with E-state index in [-0.39, 0.29) is 0 Å². The Morgan fingerprint density at radius 1 is 1.35 bits per heavy atom. The third-order valence-electron chi connectivity index (χ3n) is 2.41. The van der Waals surface area contributed by atoms with Gasteiger partial charge in [0.25, 0.3) is 0 Å². The summed E-state index contributed by atoms with van der Waals surface area (Å²) in [6, 6.07) is 7.28. The number of nitrogens with zero attached hydrogens (tertiary/aromatic N) is 1. The molecule has 1 N–H and O–H groups in total. The van der Waals surface area contributed by atoms with E-state index in [1.165, 1.54) is 0 Å². The maximum Gasteiger partial charge on any atom is 0.342 e. The minimum absolute atomic E-state index is 0.528. The summed E-state index contributed by atoms with van der Waals surface area (Å²) >= 11 is 0. The van der Waals surface area contributed by atoms with E-state index >= 15 is 0 Å². The van der Waals surface area contributed by atoms with Crippen LogP contribution in [0.3, 0.4) is 0 Å². The summed E-state index contributed by atoms with van der Waals surface area (Å²) in [7, 11) is -3.58. The topological polar surface area (TPSA) is 58.5 Å². The van der Waals surface area contributed by atoms with Gasteiger partial charge in [0.15, 0.2) is 0 Å². The van der Waals surface area contributed by atoms with Crippen LogP contribution in [0.2, 0.25) is 0 Å². The molecule has 17 heavy (non-hydrogen) atoms. The molecule has 0 unspecified atom stereocenters. The van der Waals surface area contributed by atoms with Crippen LogP contribution in [0.4, 0.5) is 5.69 Å². The molecule has 0 aromatic heterocycles. The van der Waals surface area contributed by atoms with Gasteiger partial charge in [0.1, 0.15) is 0 Å². The first-order valence-corrected chi connectivity index (χ1v) is 6.76. The second-order valence-electron chi connectivity index (χ2n) is 4.15. The quantitative estimate of drug-likeness (QED) is 0.820. The Morgan fingerprint density at radius 3 is 2.76 bits per heavy atom. The molecule has 0 fully saturated rings. The Bertz CT molecular complexity index is 597. The second-order valence-corrected chi connectivity index (χ2v) is 5.48. The summed E-state index contributed by atoms with van der Waals surface area (Å²) in [5, 5.41) is 0. The van der Waals surface area contributed by atoms with Crippen LogP contribution in [0.1, 0.15) is 25.8 Å². The van der Waals surface area contributed by atoms with Gasteiger partial charge in [-0.3, -0.25) is 4.72 Å². The van der Waals surface area contributed by atoms with Crippen molar-refractivity contribution in [3.8, 4) is 0 Å². The number of para-hydroxylation sites is 1. The van der Waals surface area contributed by atoms with Crippen LogP contribution in [0.5, 0.6) is 0 Å². The van der Waals surface area contributed by atoms with E-state index in [9.17, 15) is 8.42 Å². The van der Waals surface area contributed by atoms with Crippen molar-refractivity contribution < 1.29 is 8.42 Å². The second kappa shape index (κ2) is 4.33. The Kier molecular flexibility index (Phi) is 3.02. The zero-order chi connectivity index (χ0) is 12.5. The minimum atomic E-state index is -3.58. The molecule has 0 saturated heterocycles. The van der Waals surface area contributed by atoms with Gasteiger partial charge < -0.3 is 0 Å². The Balaban J connectivity index is 2.47. The Hall–Kier alpha value is -1.62. The van der Waals surface area contributed by atoms with Crippen molar-refractivity contribution in [3.63, 3.8) is 0 Å². The van der Waals surface area contributed by atoms with E-state index < -0.39 is 10.2 Å². The third kappa shape index (κ3) is 2.74. The van der Waals surface area contributed by atoms with Gasteiger partial charge in [0.05, 0.1) is 11.4 Å². The van der Waals surface area contributed by atoms with Gasteiger partial charge in [-0.15, -0.1) is 4.40 Å². The predicted molar refractivity (Wildman–Crippen MR) is 69.6 cm³/mol. The molecule has 0 bridgehead atoms.